The number of rotatable bonds is 6. The molecule has 1 N–H and O–H groups in total. The summed E-state index contributed by atoms with van der Waals surface area (Å²) in [6.07, 6.45) is 0.802. The lowest BCUT2D eigenvalue weighted by Gasteiger charge is -2.15. The molecule has 0 bridgehead atoms. The third-order valence-corrected chi connectivity index (χ3v) is 4.39. The van der Waals surface area contributed by atoms with Crippen LogP contribution in [-0.2, 0) is 11.2 Å². The Labute approximate surface area is 162 Å². The van der Waals surface area contributed by atoms with Crippen LogP contribution in [0.1, 0.15) is 31.4 Å². The maximum Gasteiger partial charge on any atom is 0.336 e. The van der Waals surface area contributed by atoms with E-state index < -0.39 is 23.5 Å². The lowest BCUT2D eigenvalue weighted by Crippen LogP contribution is -2.30. The number of anilines is 1. The van der Waals surface area contributed by atoms with Crippen LogP contribution in [0.5, 0.6) is 5.75 Å². The Morgan fingerprint density at radius 3 is 2.71 bits per heavy atom. The summed E-state index contributed by atoms with van der Waals surface area (Å²) in [6.45, 7) is 5.37. The average molecular weight is 383 g/mol. The molecule has 0 aliphatic carbocycles. The molecule has 1 heterocycles. The summed E-state index contributed by atoms with van der Waals surface area (Å²) in [6, 6.07) is 11.2. The van der Waals surface area contributed by atoms with E-state index in [-0.39, 0.29) is 5.69 Å². The van der Waals surface area contributed by atoms with Crippen molar-refractivity contribution >= 4 is 22.6 Å². The van der Waals surface area contributed by atoms with Gasteiger partial charge in [-0.05, 0) is 55.7 Å². The van der Waals surface area contributed by atoms with Gasteiger partial charge >= 0.3 is 5.63 Å². The van der Waals surface area contributed by atoms with Crippen molar-refractivity contribution in [2.75, 3.05) is 5.32 Å². The Kier molecular flexibility index (Phi) is 5.78. The molecule has 146 valence electrons. The van der Waals surface area contributed by atoms with E-state index >= 15 is 0 Å². The van der Waals surface area contributed by atoms with Gasteiger partial charge in [0.2, 0.25) is 0 Å². The van der Waals surface area contributed by atoms with Crippen LogP contribution in [0.15, 0.2) is 51.7 Å². The van der Waals surface area contributed by atoms with Gasteiger partial charge in [-0.15, -0.1) is 0 Å². The van der Waals surface area contributed by atoms with Crippen molar-refractivity contribution in [2.24, 2.45) is 0 Å². The zero-order chi connectivity index (χ0) is 20.3. The van der Waals surface area contributed by atoms with Crippen LogP contribution in [0.3, 0.4) is 0 Å². The Morgan fingerprint density at radius 1 is 1.21 bits per heavy atom. The summed E-state index contributed by atoms with van der Waals surface area (Å²) in [4.78, 5) is 24.1. The SMILES string of the molecule is CCCc1cc(=O)oc2cc(OC(C)C(=O)Nc3ccc(C)cc3F)ccc12. The van der Waals surface area contributed by atoms with E-state index in [9.17, 15) is 14.0 Å². The fourth-order valence-corrected chi connectivity index (χ4v) is 2.97. The fourth-order valence-electron chi connectivity index (χ4n) is 2.97. The number of carbonyl (C=O) groups is 1. The first-order valence-corrected chi connectivity index (χ1v) is 9.18. The summed E-state index contributed by atoms with van der Waals surface area (Å²) >= 11 is 0. The van der Waals surface area contributed by atoms with Gasteiger partial charge in [0.05, 0.1) is 5.69 Å². The number of hydrogen-bond acceptors (Lipinski definition) is 4. The minimum atomic E-state index is -0.872. The molecular weight excluding hydrogens is 361 g/mol. The van der Waals surface area contributed by atoms with Crippen LogP contribution in [0, 0.1) is 12.7 Å². The normalized spacial score (nSPS) is 12.0. The van der Waals surface area contributed by atoms with Gasteiger partial charge in [-0.3, -0.25) is 4.79 Å². The molecule has 0 saturated heterocycles. The van der Waals surface area contributed by atoms with Crippen LogP contribution in [0.25, 0.3) is 11.0 Å². The molecule has 1 unspecified atom stereocenters. The molecule has 28 heavy (non-hydrogen) atoms. The molecule has 1 amide bonds. The summed E-state index contributed by atoms with van der Waals surface area (Å²) < 4.78 is 24.8. The third-order valence-electron chi connectivity index (χ3n) is 4.39. The van der Waals surface area contributed by atoms with Crippen molar-refractivity contribution < 1.29 is 18.3 Å². The Hall–Kier alpha value is -3.15. The molecule has 2 aromatic carbocycles. The molecule has 0 fully saturated rings. The zero-order valence-corrected chi connectivity index (χ0v) is 16.0. The molecule has 5 nitrogen and oxygen atoms in total. The van der Waals surface area contributed by atoms with Crippen molar-refractivity contribution in [2.45, 2.75) is 39.7 Å². The highest BCUT2D eigenvalue weighted by molar-refractivity contribution is 5.94. The maximum absolute atomic E-state index is 13.9. The van der Waals surface area contributed by atoms with E-state index in [1.165, 1.54) is 18.2 Å². The van der Waals surface area contributed by atoms with Crippen molar-refractivity contribution in [3.05, 3.63) is 69.8 Å². The molecule has 0 spiro atoms. The van der Waals surface area contributed by atoms with E-state index in [0.717, 1.165) is 29.4 Å². The smallest absolute Gasteiger partial charge is 0.336 e. The Balaban J connectivity index is 1.77. The van der Waals surface area contributed by atoms with Crippen LogP contribution in [0.2, 0.25) is 0 Å². The largest absolute Gasteiger partial charge is 0.481 e. The first-order chi connectivity index (χ1) is 13.4. The van der Waals surface area contributed by atoms with Gasteiger partial charge in [-0.2, -0.15) is 0 Å². The Morgan fingerprint density at radius 2 is 2.00 bits per heavy atom. The molecule has 0 radical (unpaired) electrons. The van der Waals surface area contributed by atoms with E-state index in [2.05, 4.69) is 5.32 Å². The number of amides is 1. The Bertz CT molecular complexity index is 1070. The molecule has 0 aliphatic rings. The second kappa shape index (κ2) is 8.25. The van der Waals surface area contributed by atoms with Gasteiger partial charge in [-0.1, -0.05) is 19.4 Å². The van der Waals surface area contributed by atoms with Gasteiger partial charge in [0, 0.05) is 17.5 Å². The monoisotopic (exact) mass is 383 g/mol. The lowest BCUT2D eigenvalue weighted by molar-refractivity contribution is -0.122. The molecule has 0 saturated carbocycles. The number of nitrogens with one attached hydrogen (secondary N) is 1. The van der Waals surface area contributed by atoms with Crippen LogP contribution < -0.4 is 15.7 Å². The first kappa shape index (κ1) is 19.6. The first-order valence-electron chi connectivity index (χ1n) is 9.18. The van der Waals surface area contributed by atoms with Crippen molar-refractivity contribution in [1.82, 2.24) is 0 Å². The number of halogens is 1. The average Bonchev–Trinajstić information content (AvgIpc) is 2.63. The number of aryl methyl sites for hydroxylation is 2. The van der Waals surface area contributed by atoms with Crippen molar-refractivity contribution in [3.63, 3.8) is 0 Å². The minimum Gasteiger partial charge on any atom is -0.481 e. The van der Waals surface area contributed by atoms with Crippen LogP contribution in [-0.4, -0.2) is 12.0 Å². The van der Waals surface area contributed by atoms with Crippen LogP contribution >= 0.6 is 0 Å². The fraction of sp³-hybridized carbons (Fsp3) is 0.273. The topological polar surface area (TPSA) is 68.5 Å². The highest BCUT2D eigenvalue weighted by Crippen LogP contribution is 2.24. The molecule has 6 heteroatoms. The second-order valence-corrected chi connectivity index (χ2v) is 6.73. The molecule has 0 aliphatic heterocycles. The predicted octanol–water partition coefficient (Wildman–Crippen LogP) is 4.60. The summed E-state index contributed by atoms with van der Waals surface area (Å²) in [5.74, 6) is -0.600. The number of ether oxygens (including phenoxy) is 1. The summed E-state index contributed by atoms with van der Waals surface area (Å²) in [5, 5.41) is 3.36. The number of hydrogen-bond donors (Lipinski definition) is 1. The molecule has 1 atom stereocenters. The number of benzene rings is 2. The lowest BCUT2D eigenvalue weighted by atomic mass is 10.1. The van der Waals surface area contributed by atoms with Crippen molar-refractivity contribution in [3.8, 4) is 5.75 Å². The van der Waals surface area contributed by atoms with Crippen molar-refractivity contribution in [1.29, 1.82) is 0 Å². The highest BCUT2D eigenvalue weighted by Gasteiger charge is 2.17. The number of carbonyl (C=O) groups excluding carboxylic acids is 1. The molecule has 3 rings (SSSR count). The maximum atomic E-state index is 13.9. The van der Waals surface area contributed by atoms with E-state index in [4.69, 9.17) is 9.15 Å². The zero-order valence-electron chi connectivity index (χ0n) is 16.0. The quantitative estimate of drug-likeness (QED) is 0.632. The van der Waals surface area contributed by atoms with E-state index in [1.54, 1.807) is 32.0 Å². The predicted molar refractivity (Wildman–Crippen MR) is 106 cm³/mol. The number of fused-ring (bicyclic) bond motifs is 1. The summed E-state index contributed by atoms with van der Waals surface area (Å²) in [5.41, 5.74) is 1.76. The van der Waals surface area contributed by atoms with Gasteiger partial charge in [0.15, 0.2) is 6.10 Å². The summed E-state index contributed by atoms with van der Waals surface area (Å²) in [7, 11) is 0. The highest BCUT2D eigenvalue weighted by atomic mass is 19.1. The second-order valence-electron chi connectivity index (χ2n) is 6.73. The van der Waals surface area contributed by atoms with Gasteiger partial charge in [0.25, 0.3) is 5.91 Å². The van der Waals surface area contributed by atoms with Crippen LogP contribution in [0.4, 0.5) is 10.1 Å². The van der Waals surface area contributed by atoms with Gasteiger partial charge in [-0.25, -0.2) is 9.18 Å². The molecule has 1 aromatic heterocycles. The molecule has 3 aromatic rings. The van der Waals surface area contributed by atoms with Gasteiger partial charge in [0.1, 0.15) is 17.1 Å². The standard InChI is InChI=1S/C22H22FNO4/c1-4-5-15-11-21(25)28-20-12-16(7-8-17(15)20)27-14(3)22(26)24-19-9-6-13(2)10-18(19)23/h6-12,14H,4-5H2,1-3H3,(H,24,26). The third kappa shape index (κ3) is 4.39. The van der Waals surface area contributed by atoms with Gasteiger partial charge < -0.3 is 14.5 Å². The molecular formula is C22H22FNO4. The van der Waals surface area contributed by atoms with E-state index in [1.807, 2.05) is 13.0 Å². The minimum absolute atomic E-state index is 0.0970. The van der Waals surface area contributed by atoms with E-state index in [0.29, 0.717) is 11.3 Å².